The van der Waals surface area contributed by atoms with Crippen molar-refractivity contribution in [1.82, 2.24) is 4.31 Å². The fourth-order valence-electron chi connectivity index (χ4n) is 4.17. The Hall–Kier alpha value is -1.51. The summed E-state index contributed by atoms with van der Waals surface area (Å²) in [6, 6.07) is 3.82. The summed E-state index contributed by atoms with van der Waals surface area (Å²) < 4.78 is 32.9. The van der Waals surface area contributed by atoms with E-state index < -0.39 is 26.8 Å². The van der Waals surface area contributed by atoms with Gasteiger partial charge in [-0.15, -0.1) is 0 Å². The van der Waals surface area contributed by atoms with Crippen molar-refractivity contribution in [3.63, 3.8) is 0 Å². The zero-order valence-corrected chi connectivity index (χ0v) is 17.0. The zero-order valence-electron chi connectivity index (χ0n) is 15.4. The first-order valence-corrected chi connectivity index (χ1v) is 11.6. The Balaban J connectivity index is 1.78. The van der Waals surface area contributed by atoms with Crippen molar-refractivity contribution in [2.24, 2.45) is 0 Å². The molecule has 1 aliphatic heterocycles. The highest BCUT2D eigenvalue weighted by molar-refractivity contribution is 8.00. The molecule has 27 heavy (non-hydrogen) atoms. The van der Waals surface area contributed by atoms with Crippen LogP contribution in [0, 0.1) is 0 Å². The van der Waals surface area contributed by atoms with Crippen LogP contribution in [0.4, 0.5) is 0 Å². The van der Waals surface area contributed by atoms with Crippen LogP contribution in [0.1, 0.15) is 38.0 Å². The summed E-state index contributed by atoms with van der Waals surface area (Å²) in [6.45, 7) is 3.74. The number of sulfonamides is 1. The average molecular weight is 410 g/mol. The van der Waals surface area contributed by atoms with Crippen LogP contribution < -0.4 is 0 Å². The van der Waals surface area contributed by atoms with E-state index in [9.17, 15) is 18.3 Å². The summed E-state index contributed by atoms with van der Waals surface area (Å²) in [5, 5.41) is 10.7. The molecule has 1 aromatic carbocycles. The monoisotopic (exact) mass is 409 g/mol. The molecule has 6 nitrogen and oxygen atoms in total. The summed E-state index contributed by atoms with van der Waals surface area (Å²) >= 11 is 1.49. The summed E-state index contributed by atoms with van der Waals surface area (Å²) in [5.41, 5.74) is 1.75. The summed E-state index contributed by atoms with van der Waals surface area (Å²) in [7, 11) is -3.94. The smallest absolute Gasteiger partial charge is 0.323 e. The van der Waals surface area contributed by atoms with Crippen LogP contribution in [-0.2, 0) is 27.7 Å². The van der Waals surface area contributed by atoms with E-state index in [2.05, 4.69) is 0 Å². The molecular formula is C19H23NO5S2. The predicted molar refractivity (Wildman–Crippen MR) is 105 cm³/mol. The molecule has 1 aliphatic carbocycles. The van der Waals surface area contributed by atoms with Crippen molar-refractivity contribution < 1.29 is 22.7 Å². The molecule has 1 N–H and O–H groups in total. The number of carboxylic acids is 1. The van der Waals surface area contributed by atoms with Gasteiger partial charge in [0.2, 0.25) is 10.0 Å². The van der Waals surface area contributed by atoms with Crippen LogP contribution in [0.2, 0.25) is 0 Å². The molecule has 2 aromatic rings. The van der Waals surface area contributed by atoms with E-state index in [0.717, 1.165) is 41.1 Å². The van der Waals surface area contributed by atoms with Gasteiger partial charge in [0, 0.05) is 40.5 Å². The maximum Gasteiger partial charge on any atom is 0.323 e. The topological polar surface area (TPSA) is 87.8 Å². The predicted octanol–water partition coefficient (Wildman–Crippen LogP) is 3.28. The number of hydrogen-bond donors (Lipinski definition) is 1. The second-order valence-corrected chi connectivity index (χ2v) is 11.3. The van der Waals surface area contributed by atoms with Crippen LogP contribution in [0.25, 0.3) is 11.0 Å². The van der Waals surface area contributed by atoms with Gasteiger partial charge in [-0.05, 0) is 45.2 Å². The molecule has 0 saturated carbocycles. The summed E-state index contributed by atoms with van der Waals surface area (Å²) in [4.78, 5) is 12.0. The van der Waals surface area contributed by atoms with Crippen molar-refractivity contribution in [3.8, 4) is 0 Å². The Bertz CT molecular complexity index is 1010. The number of fused-ring (bicyclic) bond motifs is 3. The van der Waals surface area contributed by atoms with Gasteiger partial charge in [0.05, 0.1) is 4.90 Å². The first kappa shape index (κ1) is 18.8. The van der Waals surface area contributed by atoms with Gasteiger partial charge in [0.25, 0.3) is 0 Å². The standard InChI is InChI=1S/C19H23NO5S2/c1-19(2)17(18(21)22)20(9-10-26-19)27(23,24)12-7-8-14-13-5-3-4-6-15(13)25-16(14)11-12/h7-8,11,17H,3-6,9-10H2,1-2H3,(H,21,22)/t17-/m0/s1. The lowest BCUT2D eigenvalue weighted by molar-refractivity contribution is -0.142. The molecule has 0 spiro atoms. The van der Waals surface area contributed by atoms with Gasteiger partial charge in [-0.3, -0.25) is 4.79 Å². The number of aliphatic carboxylic acids is 1. The van der Waals surface area contributed by atoms with Gasteiger partial charge in [-0.1, -0.05) is 0 Å². The number of hydrogen-bond acceptors (Lipinski definition) is 5. The van der Waals surface area contributed by atoms with Crippen molar-refractivity contribution in [1.29, 1.82) is 0 Å². The lowest BCUT2D eigenvalue weighted by Gasteiger charge is -2.42. The fraction of sp³-hybridized carbons (Fsp3) is 0.526. The third-order valence-corrected chi connectivity index (χ3v) is 8.72. The fourth-order valence-corrected chi connectivity index (χ4v) is 7.29. The minimum Gasteiger partial charge on any atom is -0.480 e. The Morgan fingerprint density at radius 1 is 1.30 bits per heavy atom. The van der Waals surface area contributed by atoms with Gasteiger partial charge in [-0.2, -0.15) is 16.1 Å². The lowest BCUT2D eigenvalue weighted by atomic mass is 9.96. The zero-order chi connectivity index (χ0) is 19.4. The SMILES string of the molecule is CC1(C)SCCN(S(=O)(=O)c2ccc3c4c(oc3c2)CCCC4)[C@H]1C(=O)O. The molecule has 2 heterocycles. The lowest BCUT2D eigenvalue weighted by Crippen LogP contribution is -2.58. The highest BCUT2D eigenvalue weighted by atomic mass is 32.2. The average Bonchev–Trinajstić information content (AvgIpc) is 2.98. The Morgan fingerprint density at radius 2 is 2.04 bits per heavy atom. The van der Waals surface area contributed by atoms with Gasteiger partial charge >= 0.3 is 5.97 Å². The van der Waals surface area contributed by atoms with E-state index in [1.165, 1.54) is 17.3 Å². The molecule has 0 radical (unpaired) electrons. The first-order chi connectivity index (χ1) is 12.7. The number of thioether (sulfide) groups is 1. The van der Waals surface area contributed by atoms with E-state index in [1.54, 1.807) is 32.0 Å². The Kier molecular flexibility index (Phi) is 4.56. The quantitative estimate of drug-likeness (QED) is 0.837. The van der Waals surface area contributed by atoms with E-state index in [4.69, 9.17) is 4.42 Å². The van der Waals surface area contributed by atoms with E-state index in [0.29, 0.717) is 11.3 Å². The summed E-state index contributed by atoms with van der Waals surface area (Å²) in [5.74, 6) is 0.392. The number of aryl methyl sites for hydroxylation is 2. The number of carbonyl (C=O) groups is 1. The van der Waals surface area contributed by atoms with Crippen molar-refractivity contribution in [2.45, 2.75) is 55.2 Å². The van der Waals surface area contributed by atoms with Crippen LogP contribution in [0.15, 0.2) is 27.5 Å². The van der Waals surface area contributed by atoms with Crippen molar-refractivity contribution in [3.05, 3.63) is 29.5 Å². The molecule has 4 rings (SSSR count). The Labute approximate surface area is 163 Å². The molecule has 1 fully saturated rings. The number of rotatable bonds is 3. The molecule has 0 amide bonds. The highest BCUT2D eigenvalue weighted by Gasteiger charge is 2.48. The van der Waals surface area contributed by atoms with Gasteiger partial charge < -0.3 is 9.52 Å². The molecule has 1 aromatic heterocycles. The van der Waals surface area contributed by atoms with Crippen LogP contribution in [0.5, 0.6) is 0 Å². The van der Waals surface area contributed by atoms with E-state index >= 15 is 0 Å². The molecule has 8 heteroatoms. The molecule has 1 atom stereocenters. The number of nitrogens with zero attached hydrogens (tertiary/aromatic N) is 1. The molecule has 1 saturated heterocycles. The minimum atomic E-state index is -3.94. The van der Waals surface area contributed by atoms with Crippen molar-refractivity contribution in [2.75, 3.05) is 12.3 Å². The van der Waals surface area contributed by atoms with Crippen molar-refractivity contribution >= 4 is 38.7 Å². The van der Waals surface area contributed by atoms with Crippen LogP contribution >= 0.6 is 11.8 Å². The van der Waals surface area contributed by atoms with Gasteiger partial charge in [0.1, 0.15) is 17.4 Å². The third kappa shape index (κ3) is 3.07. The molecule has 2 aliphatic rings. The normalized spacial score (nSPS) is 23.3. The Morgan fingerprint density at radius 3 is 2.78 bits per heavy atom. The summed E-state index contributed by atoms with van der Waals surface area (Å²) in [6.07, 6.45) is 4.03. The molecule has 0 bridgehead atoms. The second kappa shape index (κ2) is 6.53. The van der Waals surface area contributed by atoms with E-state index in [-0.39, 0.29) is 11.4 Å². The van der Waals surface area contributed by atoms with Gasteiger partial charge in [0.15, 0.2) is 0 Å². The largest absolute Gasteiger partial charge is 0.480 e. The molecule has 0 unspecified atom stereocenters. The highest BCUT2D eigenvalue weighted by Crippen LogP contribution is 2.39. The third-order valence-electron chi connectivity index (χ3n) is 5.50. The molecular weight excluding hydrogens is 386 g/mol. The number of carboxylic acid groups (broad SMARTS) is 1. The first-order valence-electron chi connectivity index (χ1n) is 9.15. The maximum absolute atomic E-state index is 13.3. The van der Waals surface area contributed by atoms with Crippen LogP contribution in [-0.4, -0.2) is 46.9 Å². The van der Waals surface area contributed by atoms with Gasteiger partial charge in [-0.25, -0.2) is 8.42 Å². The van der Waals surface area contributed by atoms with Crippen LogP contribution in [0.3, 0.4) is 0 Å². The number of benzene rings is 1. The maximum atomic E-state index is 13.3. The second-order valence-electron chi connectivity index (χ2n) is 7.68. The minimum absolute atomic E-state index is 0.0926. The van der Waals surface area contributed by atoms with E-state index in [1.807, 2.05) is 0 Å². The molecule has 146 valence electrons. The number of furan rings is 1.